The molecule has 0 amide bonds. The fraction of sp³-hybridized carbons (Fsp3) is 0.500. The van der Waals surface area contributed by atoms with Crippen molar-refractivity contribution >= 4 is 0 Å². The first-order chi connectivity index (χ1) is 6.54. The second kappa shape index (κ2) is 4.58. The van der Waals surface area contributed by atoms with Crippen molar-refractivity contribution in [2.45, 2.75) is 33.2 Å². The molecule has 0 spiro atoms. The van der Waals surface area contributed by atoms with Crippen molar-refractivity contribution in [3.63, 3.8) is 0 Å². The predicted molar refractivity (Wildman–Crippen MR) is 59.4 cm³/mol. The van der Waals surface area contributed by atoms with E-state index < -0.39 is 0 Å². The van der Waals surface area contributed by atoms with Crippen LogP contribution >= 0.6 is 0 Å². The van der Waals surface area contributed by atoms with E-state index in [2.05, 4.69) is 32.9 Å². The normalized spacial score (nSPS) is 12.9. The molecule has 1 rings (SSSR count). The standard InChI is InChI=1S/C12H19NO/c1-8-4-9(2)12(10(3)5-8)6-11(13)7-14/h4-5,11,14H,6-7,13H2,1-3H3/t11-/m1/s1. The van der Waals surface area contributed by atoms with Gasteiger partial charge in [0.25, 0.3) is 0 Å². The van der Waals surface area contributed by atoms with E-state index >= 15 is 0 Å². The van der Waals surface area contributed by atoms with Gasteiger partial charge in [0, 0.05) is 6.04 Å². The van der Waals surface area contributed by atoms with Crippen LogP contribution in [-0.2, 0) is 6.42 Å². The molecular formula is C12H19NO. The fourth-order valence-electron chi connectivity index (χ4n) is 1.86. The number of aliphatic hydroxyl groups is 1. The average Bonchev–Trinajstić information content (AvgIpc) is 2.10. The van der Waals surface area contributed by atoms with Crippen molar-refractivity contribution in [3.8, 4) is 0 Å². The second-order valence-corrected chi connectivity index (χ2v) is 4.02. The van der Waals surface area contributed by atoms with Crippen molar-refractivity contribution in [1.29, 1.82) is 0 Å². The van der Waals surface area contributed by atoms with Gasteiger partial charge in [-0.3, -0.25) is 0 Å². The van der Waals surface area contributed by atoms with E-state index in [-0.39, 0.29) is 12.6 Å². The number of hydrogen-bond acceptors (Lipinski definition) is 2. The van der Waals surface area contributed by atoms with Gasteiger partial charge in [0.2, 0.25) is 0 Å². The largest absolute Gasteiger partial charge is 0.395 e. The van der Waals surface area contributed by atoms with Crippen molar-refractivity contribution in [2.75, 3.05) is 6.61 Å². The molecule has 2 nitrogen and oxygen atoms in total. The molecule has 0 aliphatic heterocycles. The maximum atomic E-state index is 8.91. The number of rotatable bonds is 3. The first-order valence-electron chi connectivity index (χ1n) is 4.97. The Morgan fingerprint density at radius 1 is 1.21 bits per heavy atom. The zero-order valence-electron chi connectivity index (χ0n) is 9.17. The lowest BCUT2D eigenvalue weighted by atomic mass is 9.95. The second-order valence-electron chi connectivity index (χ2n) is 4.02. The van der Waals surface area contributed by atoms with E-state index in [1.807, 2.05) is 0 Å². The minimum Gasteiger partial charge on any atom is -0.395 e. The lowest BCUT2D eigenvalue weighted by molar-refractivity contribution is 0.265. The summed E-state index contributed by atoms with van der Waals surface area (Å²) in [6.07, 6.45) is 0.758. The van der Waals surface area contributed by atoms with E-state index in [0.717, 1.165) is 6.42 Å². The van der Waals surface area contributed by atoms with E-state index in [4.69, 9.17) is 10.8 Å². The van der Waals surface area contributed by atoms with Crippen LogP contribution in [0.4, 0.5) is 0 Å². The highest BCUT2D eigenvalue weighted by atomic mass is 16.3. The Kier molecular flexibility index (Phi) is 3.67. The van der Waals surface area contributed by atoms with Gasteiger partial charge in [-0.2, -0.15) is 0 Å². The molecule has 0 radical (unpaired) electrons. The summed E-state index contributed by atoms with van der Waals surface area (Å²) >= 11 is 0. The molecule has 0 heterocycles. The molecule has 0 saturated carbocycles. The smallest absolute Gasteiger partial charge is 0.0585 e. The van der Waals surface area contributed by atoms with Crippen LogP contribution in [0.25, 0.3) is 0 Å². The van der Waals surface area contributed by atoms with Gasteiger partial charge in [0.05, 0.1) is 6.61 Å². The van der Waals surface area contributed by atoms with Gasteiger partial charge in [-0.05, 0) is 43.9 Å². The van der Waals surface area contributed by atoms with Crippen molar-refractivity contribution in [1.82, 2.24) is 0 Å². The van der Waals surface area contributed by atoms with Crippen LogP contribution in [0.15, 0.2) is 12.1 Å². The van der Waals surface area contributed by atoms with Crippen LogP contribution in [-0.4, -0.2) is 17.8 Å². The van der Waals surface area contributed by atoms with E-state index in [9.17, 15) is 0 Å². The van der Waals surface area contributed by atoms with Crippen LogP contribution in [0.3, 0.4) is 0 Å². The third-order valence-electron chi connectivity index (χ3n) is 2.54. The zero-order valence-corrected chi connectivity index (χ0v) is 9.17. The lowest BCUT2D eigenvalue weighted by Gasteiger charge is -2.14. The van der Waals surface area contributed by atoms with Gasteiger partial charge in [-0.25, -0.2) is 0 Å². The number of benzene rings is 1. The Balaban J connectivity index is 2.96. The van der Waals surface area contributed by atoms with Gasteiger partial charge in [0.1, 0.15) is 0 Å². The summed E-state index contributed by atoms with van der Waals surface area (Å²) < 4.78 is 0. The molecule has 0 aromatic heterocycles. The monoisotopic (exact) mass is 193 g/mol. The number of aryl methyl sites for hydroxylation is 3. The maximum Gasteiger partial charge on any atom is 0.0585 e. The first-order valence-corrected chi connectivity index (χ1v) is 4.97. The van der Waals surface area contributed by atoms with Crippen molar-refractivity contribution < 1.29 is 5.11 Å². The summed E-state index contributed by atoms with van der Waals surface area (Å²) in [7, 11) is 0. The van der Waals surface area contributed by atoms with Crippen LogP contribution in [0.5, 0.6) is 0 Å². The Morgan fingerprint density at radius 2 is 1.71 bits per heavy atom. The van der Waals surface area contributed by atoms with E-state index in [1.54, 1.807) is 0 Å². The summed E-state index contributed by atoms with van der Waals surface area (Å²) in [4.78, 5) is 0. The minimum atomic E-state index is -0.143. The van der Waals surface area contributed by atoms with Crippen LogP contribution in [0, 0.1) is 20.8 Å². The third kappa shape index (κ3) is 2.56. The number of aliphatic hydroxyl groups excluding tert-OH is 1. The van der Waals surface area contributed by atoms with Gasteiger partial charge in [-0.15, -0.1) is 0 Å². The molecular weight excluding hydrogens is 174 g/mol. The minimum absolute atomic E-state index is 0.0484. The Bertz CT molecular complexity index is 297. The molecule has 0 aliphatic carbocycles. The van der Waals surface area contributed by atoms with Crippen LogP contribution < -0.4 is 5.73 Å². The van der Waals surface area contributed by atoms with Crippen LogP contribution in [0.1, 0.15) is 22.3 Å². The quantitative estimate of drug-likeness (QED) is 0.763. The van der Waals surface area contributed by atoms with Gasteiger partial charge < -0.3 is 10.8 Å². The van der Waals surface area contributed by atoms with E-state index in [0.29, 0.717) is 0 Å². The molecule has 0 fully saturated rings. The summed E-state index contributed by atoms with van der Waals surface area (Å²) in [6.45, 7) is 6.33. The molecule has 0 saturated heterocycles. The SMILES string of the molecule is Cc1cc(C)c(C[C@@H](N)CO)c(C)c1. The van der Waals surface area contributed by atoms with Gasteiger partial charge >= 0.3 is 0 Å². The zero-order chi connectivity index (χ0) is 10.7. The molecule has 0 aliphatic rings. The van der Waals surface area contributed by atoms with Gasteiger partial charge in [-0.1, -0.05) is 17.7 Å². The highest BCUT2D eigenvalue weighted by Crippen LogP contribution is 2.17. The predicted octanol–water partition coefficient (Wildman–Crippen LogP) is 1.47. The molecule has 3 N–H and O–H groups in total. The Labute approximate surface area is 85.8 Å². The number of hydrogen-bond donors (Lipinski definition) is 2. The third-order valence-corrected chi connectivity index (χ3v) is 2.54. The highest BCUT2D eigenvalue weighted by molar-refractivity contribution is 5.37. The molecule has 14 heavy (non-hydrogen) atoms. The van der Waals surface area contributed by atoms with E-state index in [1.165, 1.54) is 22.3 Å². The summed E-state index contributed by atoms with van der Waals surface area (Å²) in [5.41, 5.74) is 10.8. The summed E-state index contributed by atoms with van der Waals surface area (Å²) in [5.74, 6) is 0. The maximum absolute atomic E-state index is 8.91. The summed E-state index contributed by atoms with van der Waals surface area (Å²) in [5, 5.41) is 8.91. The molecule has 1 atom stereocenters. The fourth-order valence-corrected chi connectivity index (χ4v) is 1.86. The summed E-state index contributed by atoms with van der Waals surface area (Å²) in [6, 6.07) is 4.17. The molecule has 0 unspecified atom stereocenters. The van der Waals surface area contributed by atoms with Gasteiger partial charge in [0.15, 0.2) is 0 Å². The molecule has 2 heteroatoms. The molecule has 78 valence electrons. The highest BCUT2D eigenvalue weighted by Gasteiger charge is 2.08. The molecule has 1 aromatic carbocycles. The Morgan fingerprint density at radius 3 is 2.14 bits per heavy atom. The van der Waals surface area contributed by atoms with Crippen LogP contribution in [0.2, 0.25) is 0 Å². The Hall–Kier alpha value is -0.860. The lowest BCUT2D eigenvalue weighted by Crippen LogP contribution is -2.27. The van der Waals surface area contributed by atoms with Crippen molar-refractivity contribution in [2.24, 2.45) is 5.73 Å². The number of nitrogens with two attached hydrogens (primary N) is 1. The topological polar surface area (TPSA) is 46.2 Å². The first kappa shape index (κ1) is 11.2. The molecule has 1 aromatic rings. The van der Waals surface area contributed by atoms with Crippen molar-refractivity contribution in [3.05, 3.63) is 34.4 Å². The molecule has 0 bridgehead atoms. The average molecular weight is 193 g/mol.